The van der Waals surface area contributed by atoms with E-state index in [0.717, 1.165) is 6.92 Å². The molecule has 96 valence electrons. The third-order valence-electron chi connectivity index (χ3n) is 2.57. The highest BCUT2D eigenvalue weighted by atomic mass is 35.5. The zero-order valence-corrected chi connectivity index (χ0v) is 9.42. The molecule has 1 saturated heterocycles. The Morgan fingerprint density at radius 2 is 1.94 bits per heavy atom. The van der Waals surface area contributed by atoms with Crippen molar-refractivity contribution >= 4 is 18.2 Å². The molecule has 16 heavy (non-hydrogen) atoms. The molecule has 1 fully saturated rings. The molecule has 0 bridgehead atoms. The predicted molar refractivity (Wildman–Crippen MR) is 54.8 cm³/mol. The zero-order chi connectivity index (χ0) is 11.8. The maximum absolute atomic E-state index is 11.1. The van der Waals surface area contributed by atoms with Crippen molar-refractivity contribution in [3.05, 3.63) is 0 Å². The molecule has 1 rings (SSSR count). The number of aliphatic hydroxyl groups is 4. The Kier molecular flexibility index (Phi) is 5.27. The van der Waals surface area contributed by atoms with Gasteiger partial charge >= 0.3 is 0 Å². The molecule has 0 aliphatic carbocycles. The molecule has 0 aromatic rings. The SMILES string of the molecule is CC(=O)C1(O)O[C@H](CO)[C@@H](O)[C@H](O)[C@H]1N.Cl. The van der Waals surface area contributed by atoms with Gasteiger partial charge in [0.2, 0.25) is 5.79 Å². The molecule has 1 aliphatic rings. The van der Waals surface area contributed by atoms with Crippen LogP contribution in [0.1, 0.15) is 6.92 Å². The van der Waals surface area contributed by atoms with Gasteiger partial charge in [0.05, 0.1) is 12.6 Å². The molecule has 6 N–H and O–H groups in total. The standard InChI is InChI=1S/C8H15NO6.ClH/c1-3(11)8(14)7(9)6(13)5(12)4(2-10)15-8;/h4-7,10,12-14H,2,9H2,1H3;1H/t4-,5-,6+,7-,8?;/m1./s1. The lowest BCUT2D eigenvalue weighted by molar-refractivity contribution is -0.296. The summed E-state index contributed by atoms with van der Waals surface area (Å²) in [6.45, 7) is 0.402. The Bertz CT molecular complexity index is 263. The van der Waals surface area contributed by atoms with E-state index in [1.165, 1.54) is 0 Å². The average molecular weight is 258 g/mol. The third kappa shape index (κ3) is 2.35. The summed E-state index contributed by atoms with van der Waals surface area (Å²) in [5.74, 6) is -3.16. The Morgan fingerprint density at radius 1 is 1.44 bits per heavy atom. The van der Waals surface area contributed by atoms with Gasteiger partial charge in [-0.15, -0.1) is 12.4 Å². The van der Waals surface area contributed by atoms with Crippen LogP contribution >= 0.6 is 12.4 Å². The summed E-state index contributed by atoms with van der Waals surface area (Å²) in [6, 6.07) is -1.45. The first kappa shape index (κ1) is 15.7. The fourth-order valence-electron chi connectivity index (χ4n) is 1.51. The summed E-state index contributed by atoms with van der Waals surface area (Å²) in [5, 5.41) is 37.4. The lowest BCUT2D eigenvalue weighted by Crippen LogP contribution is -2.70. The highest BCUT2D eigenvalue weighted by Crippen LogP contribution is 2.27. The molecule has 1 aliphatic heterocycles. The van der Waals surface area contributed by atoms with Crippen molar-refractivity contribution in [1.29, 1.82) is 0 Å². The van der Waals surface area contributed by atoms with Crippen LogP contribution in [0.4, 0.5) is 0 Å². The smallest absolute Gasteiger partial charge is 0.244 e. The maximum atomic E-state index is 11.1. The fourth-order valence-corrected chi connectivity index (χ4v) is 1.51. The van der Waals surface area contributed by atoms with Crippen LogP contribution in [0.5, 0.6) is 0 Å². The lowest BCUT2D eigenvalue weighted by Gasteiger charge is -2.44. The van der Waals surface area contributed by atoms with Crippen LogP contribution in [-0.2, 0) is 9.53 Å². The first-order valence-electron chi connectivity index (χ1n) is 4.48. The molecule has 0 saturated carbocycles. The van der Waals surface area contributed by atoms with Gasteiger partial charge in [0.1, 0.15) is 18.3 Å². The average Bonchev–Trinajstić information content (AvgIpc) is 2.20. The molecule has 7 nitrogen and oxygen atoms in total. The Hall–Kier alpha value is -0.280. The minimum atomic E-state index is -2.37. The third-order valence-corrected chi connectivity index (χ3v) is 2.57. The minimum absolute atomic E-state index is 0. The molecular formula is C8H16ClNO6. The lowest BCUT2D eigenvalue weighted by atomic mass is 9.89. The van der Waals surface area contributed by atoms with E-state index in [0.29, 0.717) is 0 Å². The van der Waals surface area contributed by atoms with E-state index >= 15 is 0 Å². The number of aliphatic hydroxyl groups excluding tert-OH is 3. The van der Waals surface area contributed by atoms with Gasteiger partial charge in [-0.1, -0.05) is 0 Å². The van der Waals surface area contributed by atoms with Crippen molar-refractivity contribution in [1.82, 2.24) is 0 Å². The number of rotatable bonds is 2. The Morgan fingerprint density at radius 3 is 2.31 bits per heavy atom. The van der Waals surface area contributed by atoms with Crippen LogP contribution in [0, 0.1) is 0 Å². The van der Waals surface area contributed by atoms with Crippen molar-refractivity contribution in [2.75, 3.05) is 6.61 Å². The number of ether oxygens (including phenoxy) is 1. The van der Waals surface area contributed by atoms with E-state index in [1.54, 1.807) is 0 Å². The summed E-state index contributed by atoms with van der Waals surface area (Å²) in [5.41, 5.74) is 5.38. The van der Waals surface area contributed by atoms with Crippen molar-refractivity contribution in [2.24, 2.45) is 5.73 Å². The Balaban J connectivity index is 0.00000225. The molecule has 0 amide bonds. The second kappa shape index (κ2) is 5.37. The van der Waals surface area contributed by atoms with Crippen molar-refractivity contribution in [3.63, 3.8) is 0 Å². The molecule has 0 radical (unpaired) electrons. The molecule has 1 heterocycles. The highest BCUT2D eigenvalue weighted by Gasteiger charge is 2.54. The number of carbonyl (C=O) groups is 1. The topological polar surface area (TPSA) is 133 Å². The van der Waals surface area contributed by atoms with Gasteiger partial charge < -0.3 is 30.9 Å². The van der Waals surface area contributed by atoms with Gasteiger partial charge in [-0.3, -0.25) is 4.79 Å². The summed E-state index contributed by atoms with van der Waals surface area (Å²) in [6.07, 6.45) is -4.22. The van der Waals surface area contributed by atoms with Gasteiger partial charge in [0, 0.05) is 6.92 Å². The van der Waals surface area contributed by atoms with Crippen molar-refractivity contribution in [2.45, 2.75) is 37.1 Å². The van der Waals surface area contributed by atoms with Gasteiger partial charge in [-0.2, -0.15) is 0 Å². The van der Waals surface area contributed by atoms with E-state index in [2.05, 4.69) is 0 Å². The van der Waals surface area contributed by atoms with Crippen LogP contribution in [0.2, 0.25) is 0 Å². The molecule has 0 aromatic heterocycles. The van der Waals surface area contributed by atoms with Crippen LogP contribution in [0.3, 0.4) is 0 Å². The van der Waals surface area contributed by atoms with E-state index in [9.17, 15) is 20.1 Å². The maximum Gasteiger partial charge on any atom is 0.244 e. The first-order valence-corrected chi connectivity index (χ1v) is 4.48. The van der Waals surface area contributed by atoms with E-state index in [4.69, 9.17) is 15.6 Å². The first-order chi connectivity index (χ1) is 6.84. The number of hydrogen-bond donors (Lipinski definition) is 5. The van der Waals surface area contributed by atoms with E-state index < -0.39 is 42.5 Å². The Labute approximate surface area is 98.2 Å². The molecule has 8 heteroatoms. The summed E-state index contributed by atoms with van der Waals surface area (Å²) < 4.78 is 4.80. The number of Topliss-reactive ketones (excluding diaryl/α,β-unsaturated/α-hetero) is 1. The zero-order valence-electron chi connectivity index (χ0n) is 8.61. The van der Waals surface area contributed by atoms with Crippen molar-refractivity contribution < 1.29 is 30.0 Å². The summed E-state index contributed by atoms with van der Waals surface area (Å²) >= 11 is 0. The number of ketones is 1. The van der Waals surface area contributed by atoms with Crippen LogP contribution in [0.25, 0.3) is 0 Å². The van der Waals surface area contributed by atoms with Crippen LogP contribution < -0.4 is 5.73 Å². The number of hydrogen-bond acceptors (Lipinski definition) is 7. The van der Waals surface area contributed by atoms with Gasteiger partial charge in [-0.25, -0.2) is 0 Å². The monoisotopic (exact) mass is 257 g/mol. The molecule has 1 unspecified atom stereocenters. The fraction of sp³-hybridized carbons (Fsp3) is 0.875. The second-order valence-corrected chi connectivity index (χ2v) is 3.60. The molecule has 0 aromatic carbocycles. The molecular weight excluding hydrogens is 242 g/mol. The van der Waals surface area contributed by atoms with Gasteiger partial charge in [0.15, 0.2) is 5.78 Å². The van der Waals surface area contributed by atoms with Gasteiger partial charge in [0.25, 0.3) is 0 Å². The number of nitrogens with two attached hydrogens (primary N) is 1. The largest absolute Gasteiger partial charge is 0.394 e. The summed E-state index contributed by atoms with van der Waals surface area (Å²) in [7, 11) is 0. The second-order valence-electron chi connectivity index (χ2n) is 3.60. The molecule has 5 atom stereocenters. The van der Waals surface area contributed by atoms with Crippen LogP contribution in [-0.4, -0.2) is 63.0 Å². The van der Waals surface area contributed by atoms with E-state index in [-0.39, 0.29) is 12.4 Å². The predicted octanol–water partition coefficient (Wildman–Crippen LogP) is -2.87. The summed E-state index contributed by atoms with van der Waals surface area (Å²) in [4.78, 5) is 11.1. The van der Waals surface area contributed by atoms with E-state index in [1.807, 2.05) is 0 Å². The molecule has 0 spiro atoms. The number of carbonyl (C=O) groups excluding carboxylic acids is 1. The van der Waals surface area contributed by atoms with Crippen LogP contribution in [0.15, 0.2) is 0 Å². The normalized spacial score (nSPS) is 43.6. The quantitative estimate of drug-likeness (QED) is 0.359. The number of halogens is 1. The van der Waals surface area contributed by atoms with Gasteiger partial charge in [-0.05, 0) is 0 Å². The van der Waals surface area contributed by atoms with Crippen molar-refractivity contribution in [3.8, 4) is 0 Å². The highest BCUT2D eigenvalue weighted by molar-refractivity contribution is 5.85. The minimum Gasteiger partial charge on any atom is -0.394 e.